The van der Waals surface area contributed by atoms with Crippen molar-refractivity contribution in [1.82, 2.24) is 24.2 Å². The van der Waals surface area contributed by atoms with Gasteiger partial charge in [-0.05, 0) is 61.3 Å². The number of nitrogens with two attached hydrogens (primary N) is 1. The van der Waals surface area contributed by atoms with Crippen LogP contribution in [0, 0.1) is 0 Å². The minimum atomic E-state index is -3.24. The number of hydrogen-bond donors (Lipinski definition) is 2. The summed E-state index contributed by atoms with van der Waals surface area (Å²) in [4.78, 5) is 14.4. The number of fused-ring (bicyclic) bond motifs is 2. The van der Waals surface area contributed by atoms with E-state index in [4.69, 9.17) is 10.7 Å². The standard InChI is InChI=1S/C21H26N6O2S2/c1-2-13-10-14-4-3-5-15(14)11-17(13)30-21-26-18-19(22)23-12-24-20(18)27(21)9-8-25-31(28,29)16-6-7-16/h10-12,16,25H,2-9H2,1H3,(H2,22,23,24). The van der Waals surface area contributed by atoms with Crippen molar-refractivity contribution < 1.29 is 8.42 Å². The Labute approximate surface area is 186 Å². The fraction of sp³-hybridized carbons (Fsp3) is 0.476. The Morgan fingerprint density at radius 1 is 1.23 bits per heavy atom. The first-order chi connectivity index (χ1) is 15.0. The molecule has 8 nitrogen and oxygen atoms in total. The molecule has 1 aromatic carbocycles. The van der Waals surface area contributed by atoms with Gasteiger partial charge in [0.15, 0.2) is 22.1 Å². The summed E-state index contributed by atoms with van der Waals surface area (Å²) in [6, 6.07) is 4.62. The van der Waals surface area contributed by atoms with E-state index in [1.54, 1.807) is 11.8 Å². The second-order valence-corrected chi connectivity index (χ2v) is 11.2. The van der Waals surface area contributed by atoms with Crippen LogP contribution in [-0.4, -0.2) is 39.7 Å². The van der Waals surface area contributed by atoms with E-state index >= 15 is 0 Å². The highest BCUT2D eigenvalue weighted by Gasteiger charge is 2.35. The van der Waals surface area contributed by atoms with Crippen LogP contribution in [0.4, 0.5) is 5.82 Å². The molecule has 0 saturated heterocycles. The van der Waals surface area contributed by atoms with Crippen molar-refractivity contribution in [2.75, 3.05) is 12.3 Å². The Bertz CT molecular complexity index is 1250. The van der Waals surface area contributed by atoms with Crippen molar-refractivity contribution >= 4 is 38.8 Å². The normalized spacial score (nSPS) is 16.2. The maximum atomic E-state index is 12.2. The third-order valence-corrected chi connectivity index (χ3v) is 9.03. The Balaban J connectivity index is 1.48. The summed E-state index contributed by atoms with van der Waals surface area (Å²) in [6.45, 7) is 2.88. The topological polar surface area (TPSA) is 116 Å². The van der Waals surface area contributed by atoms with Gasteiger partial charge in [-0.1, -0.05) is 24.8 Å². The Kier molecular flexibility index (Phi) is 5.39. The highest BCUT2D eigenvalue weighted by atomic mass is 32.2. The van der Waals surface area contributed by atoms with Gasteiger partial charge in [-0.15, -0.1) is 0 Å². The number of aromatic nitrogens is 4. The second-order valence-electron chi connectivity index (χ2n) is 8.15. The molecule has 10 heteroatoms. The van der Waals surface area contributed by atoms with E-state index in [0.29, 0.717) is 23.5 Å². The Hall–Kier alpha value is -2.17. The molecule has 0 unspecified atom stereocenters. The van der Waals surface area contributed by atoms with Crippen LogP contribution in [0.3, 0.4) is 0 Å². The number of nitrogen functional groups attached to an aromatic ring is 1. The lowest BCUT2D eigenvalue weighted by Crippen LogP contribution is -2.30. The number of imidazole rings is 1. The van der Waals surface area contributed by atoms with Crippen LogP contribution in [0.25, 0.3) is 11.2 Å². The molecule has 2 aliphatic carbocycles. The first kappa shape index (κ1) is 20.7. The van der Waals surface area contributed by atoms with E-state index in [9.17, 15) is 8.42 Å². The molecular weight excluding hydrogens is 432 g/mol. The van der Waals surface area contributed by atoms with Crippen LogP contribution in [0.2, 0.25) is 0 Å². The zero-order valence-corrected chi connectivity index (χ0v) is 19.1. The maximum absolute atomic E-state index is 12.2. The van der Waals surface area contributed by atoms with Gasteiger partial charge in [-0.3, -0.25) is 0 Å². The molecule has 0 radical (unpaired) electrons. The maximum Gasteiger partial charge on any atom is 0.214 e. The molecular formula is C21H26N6O2S2. The van der Waals surface area contributed by atoms with Crippen LogP contribution in [0.5, 0.6) is 0 Å². The van der Waals surface area contributed by atoms with Gasteiger partial charge in [0.05, 0.1) is 5.25 Å². The van der Waals surface area contributed by atoms with Crippen LogP contribution in [0.1, 0.15) is 42.9 Å². The predicted molar refractivity (Wildman–Crippen MR) is 122 cm³/mol. The van der Waals surface area contributed by atoms with Crippen LogP contribution < -0.4 is 10.5 Å². The molecule has 2 aliphatic rings. The van der Waals surface area contributed by atoms with Gasteiger partial charge >= 0.3 is 0 Å². The van der Waals surface area contributed by atoms with Crippen molar-refractivity contribution in [2.45, 2.75) is 67.3 Å². The molecule has 0 atom stereocenters. The summed E-state index contributed by atoms with van der Waals surface area (Å²) >= 11 is 1.59. The fourth-order valence-electron chi connectivity index (χ4n) is 4.13. The number of benzene rings is 1. The van der Waals surface area contributed by atoms with E-state index in [1.807, 2.05) is 4.57 Å². The molecule has 31 heavy (non-hydrogen) atoms. The molecule has 0 aliphatic heterocycles. The van der Waals surface area contributed by atoms with E-state index < -0.39 is 10.0 Å². The van der Waals surface area contributed by atoms with E-state index in [1.165, 1.54) is 34.3 Å². The van der Waals surface area contributed by atoms with Gasteiger partial charge in [0.1, 0.15) is 6.33 Å². The number of nitrogens with one attached hydrogen (secondary N) is 1. The summed E-state index contributed by atoms with van der Waals surface area (Å²) in [7, 11) is -3.24. The highest BCUT2D eigenvalue weighted by molar-refractivity contribution is 7.99. The lowest BCUT2D eigenvalue weighted by atomic mass is 10.0. The van der Waals surface area contributed by atoms with Gasteiger partial charge in [0, 0.05) is 18.0 Å². The first-order valence-corrected chi connectivity index (χ1v) is 13.1. The quantitative estimate of drug-likeness (QED) is 0.533. The molecule has 1 fully saturated rings. The van der Waals surface area contributed by atoms with Gasteiger partial charge in [-0.25, -0.2) is 28.1 Å². The summed E-state index contributed by atoms with van der Waals surface area (Å²) in [5.74, 6) is 0.328. The van der Waals surface area contributed by atoms with E-state index in [0.717, 1.165) is 37.3 Å². The predicted octanol–water partition coefficient (Wildman–Crippen LogP) is 2.69. The summed E-state index contributed by atoms with van der Waals surface area (Å²) in [6.07, 6.45) is 7.32. The average molecular weight is 459 g/mol. The van der Waals surface area contributed by atoms with Crippen molar-refractivity contribution in [1.29, 1.82) is 0 Å². The molecule has 0 spiro atoms. The van der Waals surface area contributed by atoms with E-state index in [-0.39, 0.29) is 11.8 Å². The Morgan fingerprint density at radius 2 is 2.00 bits per heavy atom. The molecule has 2 heterocycles. The highest BCUT2D eigenvalue weighted by Crippen LogP contribution is 2.36. The molecule has 1 saturated carbocycles. The Morgan fingerprint density at radius 3 is 2.74 bits per heavy atom. The smallest absolute Gasteiger partial charge is 0.214 e. The number of anilines is 1. The monoisotopic (exact) mass is 458 g/mol. The van der Waals surface area contributed by atoms with Crippen LogP contribution in [0.15, 0.2) is 28.5 Å². The fourth-order valence-corrected chi connectivity index (χ4v) is 6.66. The van der Waals surface area contributed by atoms with Crippen LogP contribution >= 0.6 is 11.8 Å². The van der Waals surface area contributed by atoms with Gasteiger partial charge in [0.25, 0.3) is 0 Å². The number of aryl methyl sites for hydroxylation is 3. The number of hydrogen-bond acceptors (Lipinski definition) is 7. The lowest BCUT2D eigenvalue weighted by molar-refractivity contribution is 0.566. The third kappa shape index (κ3) is 4.04. The molecule has 3 aromatic rings. The van der Waals surface area contributed by atoms with Crippen molar-refractivity contribution in [3.05, 3.63) is 35.2 Å². The summed E-state index contributed by atoms with van der Waals surface area (Å²) < 4.78 is 29.1. The zero-order valence-electron chi connectivity index (χ0n) is 17.5. The summed E-state index contributed by atoms with van der Waals surface area (Å²) in [5.41, 5.74) is 11.4. The molecule has 0 bridgehead atoms. The third-order valence-electron chi connectivity index (χ3n) is 5.98. The van der Waals surface area contributed by atoms with Crippen molar-refractivity contribution in [3.8, 4) is 0 Å². The molecule has 5 rings (SSSR count). The van der Waals surface area contributed by atoms with Gasteiger partial charge in [0.2, 0.25) is 10.0 Å². The largest absolute Gasteiger partial charge is 0.382 e. The van der Waals surface area contributed by atoms with E-state index in [2.05, 4.69) is 33.7 Å². The lowest BCUT2D eigenvalue weighted by Gasteiger charge is -2.13. The second kappa shape index (κ2) is 8.07. The average Bonchev–Trinajstić information content (AvgIpc) is 3.43. The van der Waals surface area contributed by atoms with Crippen LogP contribution in [-0.2, 0) is 35.8 Å². The van der Waals surface area contributed by atoms with Crippen molar-refractivity contribution in [3.63, 3.8) is 0 Å². The SMILES string of the molecule is CCc1cc2c(cc1Sc1nc3c(N)ncnc3n1CCNS(=O)(=O)C1CC1)CCC2. The number of sulfonamides is 1. The minimum Gasteiger partial charge on any atom is -0.382 e. The molecule has 3 N–H and O–H groups in total. The molecule has 2 aromatic heterocycles. The number of rotatable bonds is 8. The van der Waals surface area contributed by atoms with Gasteiger partial charge < -0.3 is 10.3 Å². The summed E-state index contributed by atoms with van der Waals surface area (Å²) in [5, 5.41) is 0.512. The molecule has 164 valence electrons. The number of nitrogens with zero attached hydrogens (tertiary/aromatic N) is 4. The van der Waals surface area contributed by atoms with Crippen molar-refractivity contribution in [2.24, 2.45) is 0 Å². The minimum absolute atomic E-state index is 0.239. The first-order valence-electron chi connectivity index (χ1n) is 10.7. The zero-order chi connectivity index (χ0) is 21.6. The van der Waals surface area contributed by atoms with Gasteiger partial charge in [-0.2, -0.15) is 0 Å². The molecule has 0 amide bonds.